The minimum absolute atomic E-state index is 0.608. The fourth-order valence-corrected chi connectivity index (χ4v) is 1.82. The molecule has 0 atom stereocenters. The highest BCUT2D eigenvalue weighted by molar-refractivity contribution is 5.32. The largest absolute Gasteiger partial charge is 0.316 e. The fourth-order valence-electron chi connectivity index (χ4n) is 1.82. The first kappa shape index (κ1) is 14.2. The van der Waals surface area contributed by atoms with Crippen molar-refractivity contribution in [2.45, 2.75) is 40.2 Å². The van der Waals surface area contributed by atoms with E-state index in [4.69, 9.17) is 0 Å². The van der Waals surface area contributed by atoms with E-state index >= 15 is 0 Å². The van der Waals surface area contributed by atoms with Gasteiger partial charge >= 0.3 is 0 Å². The van der Waals surface area contributed by atoms with Gasteiger partial charge in [-0.05, 0) is 36.1 Å². The quantitative estimate of drug-likeness (QED) is 0.709. The van der Waals surface area contributed by atoms with E-state index in [9.17, 15) is 0 Å². The molecular weight excluding hydrogens is 208 g/mol. The van der Waals surface area contributed by atoms with Gasteiger partial charge in [-0.25, -0.2) is 0 Å². The molecule has 2 N–H and O–H groups in total. The minimum atomic E-state index is 0.608. The Balaban J connectivity index is 2.49. The minimum Gasteiger partial charge on any atom is -0.316 e. The SMILES string of the molecule is CCNCCNCc1cc(C(C)C)ccc1C. The van der Waals surface area contributed by atoms with E-state index in [0.717, 1.165) is 26.2 Å². The van der Waals surface area contributed by atoms with Crippen molar-refractivity contribution < 1.29 is 0 Å². The highest BCUT2D eigenvalue weighted by atomic mass is 14.9. The Morgan fingerprint density at radius 3 is 2.47 bits per heavy atom. The van der Waals surface area contributed by atoms with Gasteiger partial charge in [-0.1, -0.05) is 39.0 Å². The van der Waals surface area contributed by atoms with Crippen LogP contribution < -0.4 is 10.6 Å². The zero-order valence-electron chi connectivity index (χ0n) is 11.6. The third kappa shape index (κ3) is 4.88. The number of nitrogens with one attached hydrogen (secondary N) is 2. The van der Waals surface area contributed by atoms with Crippen molar-refractivity contribution in [2.24, 2.45) is 0 Å². The van der Waals surface area contributed by atoms with Gasteiger partial charge in [-0.2, -0.15) is 0 Å². The molecule has 2 nitrogen and oxygen atoms in total. The highest BCUT2D eigenvalue weighted by Crippen LogP contribution is 2.18. The van der Waals surface area contributed by atoms with Crippen LogP contribution in [-0.4, -0.2) is 19.6 Å². The summed E-state index contributed by atoms with van der Waals surface area (Å²) in [6.07, 6.45) is 0. The number of hydrogen-bond acceptors (Lipinski definition) is 2. The molecule has 0 heterocycles. The summed E-state index contributed by atoms with van der Waals surface area (Å²) in [5, 5.41) is 6.80. The highest BCUT2D eigenvalue weighted by Gasteiger charge is 2.03. The lowest BCUT2D eigenvalue weighted by molar-refractivity contribution is 0.623. The van der Waals surface area contributed by atoms with Crippen molar-refractivity contribution in [1.29, 1.82) is 0 Å². The standard InChI is InChI=1S/C15H26N2/c1-5-16-8-9-17-11-15-10-14(12(2)3)7-6-13(15)4/h6-7,10,12,16-17H,5,8-9,11H2,1-4H3. The first-order chi connectivity index (χ1) is 8.15. The van der Waals surface area contributed by atoms with Crippen LogP contribution in [0.15, 0.2) is 18.2 Å². The Morgan fingerprint density at radius 1 is 1.12 bits per heavy atom. The van der Waals surface area contributed by atoms with Crippen molar-refractivity contribution in [3.63, 3.8) is 0 Å². The van der Waals surface area contributed by atoms with Gasteiger partial charge < -0.3 is 10.6 Å². The molecule has 0 bridgehead atoms. The van der Waals surface area contributed by atoms with Gasteiger partial charge in [0.15, 0.2) is 0 Å². The summed E-state index contributed by atoms with van der Waals surface area (Å²) in [5.41, 5.74) is 4.23. The molecule has 0 aliphatic rings. The average Bonchev–Trinajstić information content (AvgIpc) is 2.30. The molecule has 0 unspecified atom stereocenters. The van der Waals surface area contributed by atoms with Crippen molar-refractivity contribution in [3.8, 4) is 0 Å². The molecule has 1 aromatic carbocycles. The average molecular weight is 234 g/mol. The molecular formula is C15H26N2. The second-order valence-corrected chi connectivity index (χ2v) is 4.87. The van der Waals surface area contributed by atoms with Gasteiger partial charge in [0.25, 0.3) is 0 Å². The van der Waals surface area contributed by atoms with Crippen LogP contribution in [0.25, 0.3) is 0 Å². The Morgan fingerprint density at radius 2 is 1.82 bits per heavy atom. The van der Waals surface area contributed by atoms with E-state index in [1.54, 1.807) is 0 Å². The molecule has 0 radical (unpaired) electrons. The lowest BCUT2D eigenvalue weighted by atomic mass is 9.98. The predicted molar refractivity (Wildman–Crippen MR) is 75.5 cm³/mol. The summed E-state index contributed by atoms with van der Waals surface area (Å²) in [5.74, 6) is 0.608. The molecule has 1 rings (SSSR count). The zero-order chi connectivity index (χ0) is 12.7. The van der Waals surface area contributed by atoms with E-state index in [1.165, 1.54) is 16.7 Å². The summed E-state index contributed by atoms with van der Waals surface area (Å²) < 4.78 is 0. The smallest absolute Gasteiger partial charge is 0.0208 e. The molecule has 17 heavy (non-hydrogen) atoms. The molecule has 96 valence electrons. The van der Waals surface area contributed by atoms with E-state index in [0.29, 0.717) is 5.92 Å². The molecule has 0 fully saturated rings. The summed E-state index contributed by atoms with van der Waals surface area (Å²) in [7, 11) is 0. The maximum atomic E-state index is 3.48. The molecule has 0 saturated heterocycles. The zero-order valence-corrected chi connectivity index (χ0v) is 11.6. The Bertz CT molecular complexity index is 332. The van der Waals surface area contributed by atoms with Crippen molar-refractivity contribution >= 4 is 0 Å². The van der Waals surface area contributed by atoms with Crippen molar-refractivity contribution in [2.75, 3.05) is 19.6 Å². The number of likely N-dealkylation sites (N-methyl/N-ethyl adjacent to an activating group) is 1. The lowest BCUT2D eigenvalue weighted by Gasteiger charge is -2.12. The summed E-state index contributed by atoms with van der Waals surface area (Å²) >= 11 is 0. The van der Waals surface area contributed by atoms with Gasteiger partial charge in [-0.15, -0.1) is 0 Å². The number of hydrogen-bond donors (Lipinski definition) is 2. The molecule has 0 aliphatic carbocycles. The lowest BCUT2D eigenvalue weighted by Crippen LogP contribution is -2.27. The van der Waals surface area contributed by atoms with Gasteiger partial charge in [-0.3, -0.25) is 0 Å². The maximum Gasteiger partial charge on any atom is 0.0208 e. The fraction of sp³-hybridized carbons (Fsp3) is 0.600. The first-order valence-corrected chi connectivity index (χ1v) is 6.66. The van der Waals surface area contributed by atoms with E-state index in [-0.39, 0.29) is 0 Å². The second kappa shape index (κ2) is 7.46. The van der Waals surface area contributed by atoms with Gasteiger partial charge in [0.1, 0.15) is 0 Å². The summed E-state index contributed by atoms with van der Waals surface area (Å²) in [6.45, 7) is 12.9. The van der Waals surface area contributed by atoms with Gasteiger partial charge in [0.05, 0.1) is 0 Å². The van der Waals surface area contributed by atoms with Crippen LogP contribution in [0.5, 0.6) is 0 Å². The van der Waals surface area contributed by atoms with Crippen LogP contribution in [0.2, 0.25) is 0 Å². The van der Waals surface area contributed by atoms with Crippen LogP contribution in [-0.2, 0) is 6.54 Å². The first-order valence-electron chi connectivity index (χ1n) is 6.66. The number of rotatable bonds is 7. The molecule has 0 amide bonds. The van der Waals surface area contributed by atoms with Crippen molar-refractivity contribution in [1.82, 2.24) is 10.6 Å². The third-order valence-electron chi connectivity index (χ3n) is 3.08. The second-order valence-electron chi connectivity index (χ2n) is 4.87. The van der Waals surface area contributed by atoms with Crippen LogP contribution in [0.1, 0.15) is 43.4 Å². The monoisotopic (exact) mass is 234 g/mol. The van der Waals surface area contributed by atoms with E-state index in [1.807, 2.05) is 0 Å². The van der Waals surface area contributed by atoms with Crippen LogP contribution in [0.4, 0.5) is 0 Å². The Labute approximate surface area is 106 Å². The molecule has 0 saturated carbocycles. The Hall–Kier alpha value is -0.860. The van der Waals surface area contributed by atoms with Gasteiger partial charge in [0, 0.05) is 19.6 Å². The predicted octanol–water partition coefficient (Wildman–Crippen LogP) is 2.82. The molecule has 2 heteroatoms. The van der Waals surface area contributed by atoms with Crippen LogP contribution >= 0.6 is 0 Å². The van der Waals surface area contributed by atoms with E-state index in [2.05, 4.69) is 56.5 Å². The number of benzene rings is 1. The topological polar surface area (TPSA) is 24.1 Å². The third-order valence-corrected chi connectivity index (χ3v) is 3.08. The summed E-state index contributed by atoms with van der Waals surface area (Å²) in [6, 6.07) is 6.80. The summed E-state index contributed by atoms with van der Waals surface area (Å²) in [4.78, 5) is 0. The van der Waals surface area contributed by atoms with E-state index < -0.39 is 0 Å². The molecule has 1 aromatic rings. The van der Waals surface area contributed by atoms with Gasteiger partial charge in [0.2, 0.25) is 0 Å². The maximum absolute atomic E-state index is 3.48. The van der Waals surface area contributed by atoms with Crippen LogP contribution in [0, 0.1) is 6.92 Å². The van der Waals surface area contributed by atoms with Crippen LogP contribution in [0.3, 0.4) is 0 Å². The molecule has 0 aliphatic heterocycles. The number of aryl methyl sites for hydroxylation is 1. The molecule has 0 spiro atoms. The Kier molecular flexibility index (Phi) is 6.23. The molecule has 0 aromatic heterocycles. The van der Waals surface area contributed by atoms with Crippen molar-refractivity contribution in [3.05, 3.63) is 34.9 Å². The normalized spacial score (nSPS) is 11.1.